The topological polar surface area (TPSA) is 23.6 Å². The number of piperazine rings is 1. The van der Waals surface area contributed by atoms with E-state index >= 15 is 0 Å². The lowest BCUT2D eigenvalue weighted by atomic mass is 9.76. The van der Waals surface area contributed by atoms with E-state index in [4.69, 9.17) is 0 Å². The quantitative estimate of drug-likeness (QED) is 0.712. The van der Waals surface area contributed by atoms with Gasteiger partial charge in [0.15, 0.2) is 0 Å². The summed E-state index contributed by atoms with van der Waals surface area (Å²) < 4.78 is 0. The highest BCUT2D eigenvalue weighted by Gasteiger charge is 2.27. The number of carbonyl (C=O) groups excluding carboxylic acids is 1. The molecule has 3 heteroatoms. The first kappa shape index (κ1) is 18.9. The molecule has 2 rings (SSSR count). The normalized spacial score (nSPS) is 27.7. The van der Waals surface area contributed by atoms with Gasteiger partial charge < -0.3 is 4.90 Å². The van der Waals surface area contributed by atoms with Crippen molar-refractivity contribution in [1.29, 1.82) is 0 Å². The Labute approximate surface area is 143 Å². The fraction of sp³-hybridized carbons (Fsp3) is 0.950. The molecule has 2 fully saturated rings. The first-order valence-corrected chi connectivity index (χ1v) is 9.97. The van der Waals surface area contributed by atoms with Crippen LogP contribution in [0.2, 0.25) is 0 Å². The minimum Gasteiger partial charge on any atom is -0.301 e. The first-order valence-electron chi connectivity index (χ1n) is 9.97. The number of hydrogen-bond donors (Lipinski definition) is 0. The van der Waals surface area contributed by atoms with E-state index in [9.17, 15) is 4.79 Å². The molecule has 0 atom stereocenters. The minimum atomic E-state index is 0.223. The molecule has 0 N–H and O–H groups in total. The molecule has 2 aliphatic rings. The lowest BCUT2D eigenvalue weighted by molar-refractivity contribution is -0.127. The van der Waals surface area contributed by atoms with Crippen molar-refractivity contribution in [3.8, 4) is 0 Å². The number of Topliss-reactive ketones (excluding diaryl/α,β-unsaturated/α-hetero) is 1. The number of nitrogens with zero attached hydrogens (tertiary/aromatic N) is 2. The standard InChI is InChI=1S/C20H38N2O/c1-16(2)20(23)19-9-7-18(8-10-19)6-5-11-21-12-14-22(15-13-21)17(3)4/h16-19H,5-15H2,1-4H3. The van der Waals surface area contributed by atoms with Crippen LogP contribution in [0.15, 0.2) is 0 Å². The number of rotatable bonds is 7. The van der Waals surface area contributed by atoms with Gasteiger partial charge in [-0.05, 0) is 64.8 Å². The Bertz CT molecular complexity index is 351. The van der Waals surface area contributed by atoms with Crippen LogP contribution in [0, 0.1) is 17.8 Å². The molecule has 23 heavy (non-hydrogen) atoms. The van der Waals surface area contributed by atoms with Crippen molar-refractivity contribution in [2.24, 2.45) is 17.8 Å². The maximum Gasteiger partial charge on any atom is 0.138 e. The highest BCUT2D eigenvalue weighted by atomic mass is 16.1. The molecule has 0 aromatic heterocycles. The summed E-state index contributed by atoms with van der Waals surface area (Å²) in [4.78, 5) is 17.3. The summed E-state index contributed by atoms with van der Waals surface area (Å²) in [5.74, 6) is 1.98. The lowest BCUT2D eigenvalue weighted by Gasteiger charge is -2.37. The number of ketones is 1. The fourth-order valence-electron chi connectivity index (χ4n) is 4.31. The van der Waals surface area contributed by atoms with E-state index in [-0.39, 0.29) is 5.92 Å². The SMILES string of the molecule is CC(C)C(=O)C1CCC(CCCN2CCN(C(C)C)CC2)CC1. The highest BCUT2D eigenvalue weighted by molar-refractivity contribution is 5.82. The van der Waals surface area contributed by atoms with Crippen molar-refractivity contribution in [1.82, 2.24) is 9.80 Å². The third kappa shape index (κ3) is 5.86. The minimum absolute atomic E-state index is 0.223. The smallest absolute Gasteiger partial charge is 0.138 e. The summed E-state index contributed by atoms with van der Waals surface area (Å²) in [6.45, 7) is 14.9. The van der Waals surface area contributed by atoms with Crippen molar-refractivity contribution >= 4 is 5.78 Å². The van der Waals surface area contributed by atoms with Crippen LogP contribution in [0.3, 0.4) is 0 Å². The molecule has 1 heterocycles. The first-order chi connectivity index (χ1) is 11.0. The van der Waals surface area contributed by atoms with Gasteiger partial charge in [-0.15, -0.1) is 0 Å². The Morgan fingerprint density at radius 2 is 1.57 bits per heavy atom. The summed E-state index contributed by atoms with van der Waals surface area (Å²) in [6, 6.07) is 0.695. The van der Waals surface area contributed by atoms with E-state index in [1.54, 1.807) is 0 Å². The molecule has 1 aliphatic carbocycles. The zero-order chi connectivity index (χ0) is 16.8. The molecule has 0 unspecified atom stereocenters. The molecule has 1 saturated heterocycles. The maximum absolute atomic E-state index is 12.1. The van der Waals surface area contributed by atoms with Gasteiger partial charge in [0.1, 0.15) is 5.78 Å². The third-order valence-corrected chi connectivity index (χ3v) is 6.04. The molecule has 1 saturated carbocycles. The van der Waals surface area contributed by atoms with Gasteiger partial charge in [-0.1, -0.05) is 13.8 Å². The molecule has 0 aromatic carbocycles. The summed E-state index contributed by atoms with van der Waals surface area (Å²) in [7, 11) is 0. The summed E-state index contributed by atoms with van der Waals surface area (Å²) in [6.07, 6.45) is 7.57. The second kappa shape index (κ2) is 9.17. The second-order valence-corrected chi connectivity index (χ2v) is 8.39. The summed E-state index contributed by atoms with van der Waals surface area (Å²) >= 11 is 0. The fourth-order valence-corrected chi connectivity index (χ4v) is 4.31. The zero-order valence-corrected chi connectivity index (χ0v) is 15.9. The molecule has 0 amide bonds. The molecular weight excluding hydrogens is 284 g/mol. The lowest BCUT2D eigenvalue weighted by Crippen LogP contribution is -2.48. The van der Waals surface area contributed by atoms with E-state index in [1.807, 2.05) is 13.8 Å². The zero-order valence-electron chi connectivity index (χ0n) is 15.9. The Morgan fingerprint density at radius 3 is 2.09 bits per heavy atom. The average molecular weight is 323 g/mol. The summed E-state index contributed by atoms with van der Waals surface area (Å²) in [5.41, 5.74) is 0. The van der Waals surface area contributed by atoms with Gasteiger partial charge in [0.25, 0.3) is 0 Å². The molecule has 134 valence electrons. The van der Waals surface area contributed by atoms with E-state index in [0.717, 1.165) is 18.8 Å². The van der Waals surface area contributed by atoms with Gasteiger partial charge in [0.2, 0.25) is 0 Å². The highest BCUT2D eigenvalue weighted by Crippen LogP contribution is 2.33. The van der Waals surface area contributed by atoms with E-state index in [2.05, 4.69) is 23.6 Å². The second-order valence-electron chi connectivity index (χ2n) is 8.39. The molecule has 1 aliphatic heterocycles. The van der Waals surface area contributed by atoms with Crippen molar-refractivity contribution in [2.75, 3.05) is 32.7 Å². The van der Waals surface area contributed by atoms with Crippen molar-refractivity contribution < 1.29 is 4.79 Å². The largest absolute Gasteiger partial charge is 0.301 e. The Morgan fingerprint density at radius 1 is 0.957 bits per heavy atom. The van der Waals surface area contributed by atoms with Crippen molar-refractivity contribution in [3.05, 3.63) is 0 Å². The molecular formula is C20H38N2O. The Balaban J connectivity index is 1.57. The van der Waals surface area contributed by atoms with E-state index in [1.165, 1.54) is 58.4 Å². The maximum atomic E-state index is 12.1. The van der Waals surface area contributed by atoms with E-state index < -0.39 is 0 Å². The summed E-state index contributed by atoms with van der Waals surface area (Å²) in [5, 5.41) is 0. The predicted octanol–water partition coefficient (Wildman–Crippen LogP) is 3.82. The Kier molecular flexibility index (Phi) is 7.55. The Hall–Kier alpha value is -0.410. The van der Waals surface area contributed by atoms with Crippen LogP contribution in [0.5, 0.6) is 0 Å². The van der Waals surface area contributed by atoms with Crippen LogP contribution in [0.4, 0.5) is 0 Å². The van der Waals surface area contributed by atoms with Crippen LogP contribution in [0.25, 0.3) is 0 Å². The van der Waals surface area contributed by atoms with Gasteiger partial charge in [-0.2, -0.15) is 0 Å². The van der Waals surface area contributed by atoms with Crippen LogP contribution >= 0.6 is 0 Å². The molecule has 3 nitrogen and oxygen atoms in total. The van der Waals surface area contributed by atoms with Crippen LogP contribution in [-0.4, -0.2) is 54.3 Å². The van der Waals surface area contributed by atoms with Crippen LogP contribution in [0.1, 0.15) is 66.2 Å². The number of carbonyl (C=O) groups is 1. The van der Waals surface area contributed by atoms with Crippen molar-refractivity contribution in [3.63, 3.8) is 0 Å². The third-order valence-electron chi connectivity index (χ3n) is 6.04. The number of hydrogen-bond acceptors (Lipinski definition) is 3. The molecule has 0 aromatic rings. The van der Waals surface area contributed by atoms with Crippen molar-refractivity contribution in [2.45, 2.75) is 72.3 Å². The average Bonchev–Trinajstić information content (AvgIpc) is 2.55. The van der Waals surface area contributed by atoms with Gasteiger partial charge in [-0.3, -0.25) is 9.69 Å². The molecule has 0 radical (unpaired) electrons. The van der Waals surface area contributed by atoms with Gasteiger partial charge in [0, 0.05) is 44.1 Å². The van der Waals surface area contributed by atoms with Crippen LogP contribution in [-0.2, 0) is 4.79 Å². The van der Waals surface area contributed by atoms with Gasteiger partial charge >= 0.3 is 0 Å². The molecule has 0 spiro atoms. The van der Waals surface area contributed by atoms with Crippen LogP contribution < -0.4 is 0 Å². The van der Waals surface area contributed by atoms with E-state index in [0.29, 0.717) is 17.7 Å². The molecule has 0 bridgehead atoms. The predicted molar refractivity (Wildman–Crippen MR) is 97.7 cm³/mol. The van der Waals surface area contributed by atoms with Gasteiger partial charge in [0.05, 0.1) is 0 Å². The monoisotopic (exact) mass is 322 g/mol. The van der Waals surface area contributed by atoms with Gasteiger partial charge in [-0.25, -0.2) is 0 Å².